The van der Waals surface area contributed by atoms with Crippen molar-refractivity contribution in [2.24, 2.45) is 0 Å². The lowest BCUT2D eigenvalue weighted by Gasteiger charge is -2.36. The number of nitrogens with zero attached hydrogens (tertiary/aromatic N) is 5. The van der Waals surface area contributed by atoms with Crippen molar-refractivity contribution in [1.82, 2.24) is 24.8 Å². The van der Waals surface area contributed by atoms with Gasteiger partial charge in [-0.15, -0.1) is 0 Å². The quantitative estimate of drug-likeness (QED) is 0.782. The number of hydrogen-bond donors (Lipinski definition) is 0. The summed E-state index contributed by atoms with van der Waals surface area (Å²) < 4.78 is 0. The standard InChI is InChI=1S/C17H20ClN5O/c1-10-7-19-8-15(20-10)14-6-16(18)22-17(21-14)13-5-4-11(2)23(9-13)12(3)24/h6-8,11,13H,4-5,9H2,1-3H3/t11-,13+/m0/s1. The van der Waals surface area contributed by atoms with Crippen LogP contribution in [0.2, 0.25) is 5.15 Å². The Kier molecular flexibility index (Phi) is 4.76. The second-order valence-electron chi connectivity index (χ2n) is 6.27. The third-order valence-corrected chi connectivity index (χ3v) is 4.57. The zero-order chi connectivity index (χ0) is 17.3. The van der Waals surface area contributed by atoms with Crippen LogP contribution in [0.4, 0.5) is 0 Å². The number of hydrogen-bond acceptors (Lipinski definition) is 5. The topological polar surface area (TPSA) is 71.9 Å². The van der Waals surface area contributed by atoms with Gasteiger partial charge in [0.05, 0.1) is 17.6 Å². The van der Waals surface area contributed by atoms with E-state index in [1.165, 1.54) is 0 Å². The minimum Gasteiger partial charge on any atom is -0.340 e. The van der Waals surface area contributed by atoms with Crippen molar-refractivity contribution in [2.45, 2.75) is 45.6 Å². The fraction of sp³-hybridized carbons (Fsp3) is 0.471. The van der Waals surface area contributed by atoms with E-state index in [9.17, 15) is 4.79 Å². The van der Waals surface area contributed by atoms with Gasteiger partial charge in [-0.1, -0.05) is 11.6 Å². The summed E-state index contributed by atoms with van der Waals surface area (Å²) in [6.07, 6.45) is 5.23. The Balaban J connectivity index is 1.93. The third-order valence-electron chi connectivity index (χ3n) is 4.38. The Morgan fingerprint density at radius 1 is 1.21 bits per heavy atom. The lowest BCUT2D eigenvalue weighted by atomic mass is 9.92. The van der Waals surface area contributed by atoms with Crippen LogP contribution in [0.5, 0.6) is 0 Å². The third kappa shape index (κ3) is 3.53. The molecular weight excluding hydrogens is 326 g/mol. The molecule has 0 aliphatic carbocycles. The Morgan fingerprint density at radius 2 is 2.00 bits per heavy atom. The second kappa shape index (κ2) is 6.81. The zero-order valence-electron chi connectivity index (χ0n) is 14.0. The first-order valence-electron chi connectivity index (χ1n) is 8.04. The lowest BCUT2D eigenvalue weighted by Crippen LogP contribution is -2.44. The SMILES string of the molecule is CC(=O)N1C[C@H](c2nc(Cl)cc(-c3cncc(C)n3)n2)CC[C@@H]1C. The van der Waals surface area contributed by atoms with Gasteiger partial charge < -0.3 is 4.90 Å². The molecule has 7 heteroatoms. The van der Waals surface area contributed by atoms with Crippen LogP contribution in [-0.2, 0) is 4.79 Å². The molecule has 2 atom stereocenters. The van der Waals surface area contributed by atoms with Crippen LogP contribution < -0.4 is 0 Å². The number of carbonyl (C=O) groups is 1. The van der Waals surface area contributed by atoms with Gasteiger partial charge >= 0.3 is 0 Å². The molecule has 2 aromatic heterocycles. The van der Waals surface area contributed by atoms with Crippen LogP contribution in [0.3, 0.4) is 0 Å². The highest BCUT2D eigenvalue weighted by molar-refractivity contribution is 6.29. The number of halogens is 1. The monoisotopic (exact) mass is 345 g/mol. The summed E-state index contributed by atoms with van der Waals surface area (Å²) in [5.74, 6) is 0.832. The molecule has 6 nitrogen and oxygen atoms in total. The molecule has 1 aliphatic rings. The van der Waals surface area contributed by atoms with Crippen LogP contribution in [0.1, 0.15) is 44.1 Å². The highest BCUT2D eigenvalue weighted by Crippen LogP contribution is 2.30. The minimum absolute atomic E-state index is 0.0824. The van der Waals surface area contributed by atoms with E-state index in [0.29, 0.717) is 28.9 Å². The van der Waals surface area contributed by atoms with E-state index in [1.54, 1.807) is 25.4 Å². The van der Waals surface area contributed by atoms with Crippen LogP contribution in [0.25, 0.3) is 11.4 Å². The van der Waals surface area contributed by atoms with Crippen molar-refractivity contribution in [2.75, 3.05) is 6.54 Å². The highest BCUT2D eigenvalue weighted by atomic mass is 35.5. The Hall–Kier alpha value is -2.08. The summed E-state index contributed by atoms with van der Waals surface area (Å²) in [6, 6.07) is 1.95. The molecule has 0 aromatic carbocycles. The van der Waals surface area contributed by atoms with Crippen molar-refractivity contribution < 1.29 is 4.79 Å². The van der Waals surface area contributed by atoms with Crippen LogP contribution in [0, 0.1) is 6.92 Å². The van der Waals surface area contributed by atoms with Crippen LogP contribution >= 0.6 is 11.6 Å². The summed E-state index contributed by atoms with van der Waals surface area (Å²) in [6.45, 7) is 6.18. The number of carbonyl (C=O) groups excluding carboxylic acids is 1. The fourth-order valence-corrected chi connectivity index (χ4v) is 3.28. The van der Waals surface area contributed by atoms with Gasteiger partial charge in [0, 0.05) is 37.7 Å². The molecule has 0 N–H and O–H groups in total. The van der Waals surface area contributed by atoms with E-state index in [1.807, 2.05) is 11.8 Å². The maximum Gasteiger partial charge on any atom is 0.219 e. The molecule has 1 saturated heterocycles. The molecule has 3 heterocycles. The molecule has 24 heavy (non-hydrogen) atoms. The second-order valence-corrected chi connectivity index (χ2v) is 6.66. The van der Waals surface area contributed by atoms with Gasteiger partial charge in [-0.25, -0.2) is 15.0 Å². The molecule has 0 saturated carbocycles. The van der Waals surface area contributed by atoms with Crippen molar-refractivity contribution in [3.63, 3.8) is 0 Å². The number of piperidine rings is 1. The van der Waals surface area contributed by atoms with Crippen molar-refractivity contribution in [1.29, 1.82) is 0 Å². The summed E-state index contributed by atoms with van der Waals surface area (Å²) in [5, 5.41) is 0.381. The Morgan fingerprint density at radius 3 is 2.71 bits per heavy atom. The summed E-state index contributed by atoms with van der Waals surface area (Å²) in [5.41, 5.74) is 2.15. The first kappa shape index (κ1) is 16.8. The molecule has 0 spiro atoms. The molecular formula is C17H20ClN5O. The van der Waals surface area contributed by atoms with Gasteiger partial charge in [0.25, 0.3) is 0 Å². The molecule has 3 rings (SSSR count). The van der Waals surface area contributed by atoms with Gasteiger partial charge in [0.15, 0.2) is 0 Å². The first-order chi connectivity index (χ1) is 11.4. The van der Waals surface area contributed by atoms with Crippen LogP contribution in [-0.4, -0.2) is 43.3 Å². The van der Waals surface area contributed by atoms with Gasteiger partial charge in [-0.3, -0.25) is 9.78 Å². The average Bonchev–Trinajstić information content (AvgIpc) is 2.54. The Bertz CT molecular complexity index is 766. The minimum atomic E-state index is 0.0824. The smallest absolute Gasteiger partial charge is 0.219 e. The number of amides is 1. The Labute approximate surface area is 146 Å². The number of aromatic nitrogens is 4. The molecule has 1 amide bonds. The molecule has 0 bridgehead atoms. The predicted octanol–water partition coefficient (Wildman–Crippen LogP) is 3.01. The molecule has 1 aliphatic heterocycles. The normalized spacial score (nSPS) is 20.9. The summed E-state index contributed by atoms with van der Waals surface area (Å²) >= 11 is 6.21. The molecule has 1 fully saturated rings. The number of aryl methyl sites for hydroxylation is 1. The first-order valence-corrected chi connectivity index (χ1v) is 8.42. The number of rotatable bonds is 2. The predicted molar refractivity (Wildman–Crippen MR) is 91.6 cm³/mol. The van der Waals surface area contributed by atoms with Gasteiger partial charge in [-0.05, 0) is 26.7 Å². The van der Waals surface area contributed by atoms with E-state index in [4.69, 9.17) is 11.6 Å². The molecule has 2 aromatic rings. The fourth-order valence-electron chi connectivity index (χ4n) is 3.09. The van der Waals surface area contributed by atoms with E-state index in [-0.39, 0.29) is 17.9 Å². The van der Waals surface area contributed by atoms with E-state index in [2.05, 4.69) is 26.9 Å². The van der Waals surface area contributed by atoms with Crippen molar-refractivity contribution >= 4 is 17.5 Å². The maximum absolute atomic E-state index is 11.8. The van der Waals surface area contributed by atoms with Gasteiger partial charge in [-0.2, -0.15) is 0 Å². The van der Waals surface area contributed by atoms with Crippen molar-refractivity contribution in [3.05, 3.63) is 35.1 Å². The average molecular weight is 346 g/mol. The summed E-state index contributed by atoms with van der Waals surface area (Å²) in [4.78, 5) is 31.4. The highest BCUT2D eigenvalue weighted by Gasteiger charge is 2.30. The van der Waals surface area contributed by atoms with E-state index < -0.39 is 0 Å². The largest absolute Gasteiger partial charge is 0.340 e. The summed E-state index contributed by atoms with van der Waals surface area (Å²) in [7, 11) is 0. The molecule has 126 valence electrons. The van der Waals surface area contributed by atoms with Crippen molar-refractivity contribution in [3.8, 4) is 11.4 Å². The van der Waals surface area contributed by atoms with Gasteiger partial charge in [0.2, 0.25) is 5.91 Å². The number of likely N-dealkylation sites (tertiary alicyclic amines) is 1. The van der Waals surface area contributed by atoms with E-state index in [0.717, 1.165) is 18.5 Å². The van der Waals surface area contributed by atoms with Gasteiger partial charge in [0.1, 0.15) is 16.7 Å². The lowest BCUT2D eigenvalue weighted by molar-refractivity contribution is -0.132. The zero-order valence-corrected chi connectivity index (χ0v) is 14.8. The maximum atomic E-state index is 11.8. The van der Waals surface area contributed by atoms with Crippen LogP contribution in [0.15, 0.2) is 18.5 Å². The molecule has 0 radical (unpaired) electrons. The van der Waals surface area contributed by atoms with E-state index >= 15 is 0 Å². The molecule has 0 unspecified atom stereocenters.